The topological polar surface area (TPSA) is 49.3 Å². The number of alkyl halides is 3. The molecular formula is C12H12F3NO2S2. The molecular weight excluding hydrogens is 311 g/mol. The highest BCUT2D eigenvalue weighted by molar-refractivity contribution is 8.00. The molecule has 8 heteroatoms. The molecule has 1 aromatic rings. The Labute approximate surface area is 122 Å². The zero-order valence-corrected chi connectivity index (χ0v) is 11.8. The third-order valence-corrected chi connectivity index (χ3v) is 4.71. The van der Waals surface area contributed by atoms with Crippen molar-refractivity contribution >= 4 is 29.5 Å². The van der Waals surface area contributed by atoms with Crippen molar-refractivity contribution in [3.05, 3.63) is 29.8 Å². The SMILES string of the molecule is O=C(O)C1CCSC(c2ccc(SC(F)(F)F)cc2)N1. The van der Waals surface area contributed by atoms with Crippen molar-refractivity contribution in [1.29, 1.82) is 0 Å². The molecule has 0 spiro atoms. The van der Waals surface area contributed by atoms with Crippen molar-refractivity contribution < 1.29 is 23.1 Å². The summed E-state index contributed by atoms with van der Waals surface area (Å²) in [5.74, 6) is -0.201. The van der Waals surface area contributed by atoms with Gasteiger partial charge in [-0.3, -0.25) is 10.1 Å². The molecule has 0 bridgehead atoms. The fourth-order valence-corrected chi connectivity index (χ4v) is 3.61. The van der Waals surface area contributed by atoms with Gasteiger partial charge >= 0.3 is 11.5 Å². The van der Waals surface area contributed by atoms with Crippen LogP contribution in [0.5, 0.6) is 0 Å². The molecule has 2 N–H and O–H groups in total. The summed E-state index contributed by atoms with van der Waals surface area (Å²) >= 11 is 1.39. The highest BCUT2D eigenvalue weighted by Gasteiger charge is 2.30. The third kappa shape index (κ3) is 4.32. The summed E-state index contributed by atoms with van der Waals surface area (Å²) in [4.78, 5) is 11.1. The van der Waals surface area contributed by atoms with E-state index in [-0.39, 0.29) is 22.0 Å². The standard InChI is InChI=1S/C12H12F3NO2S2/c13-12(14,15)20-8-3-1-7(2-4-8)10-16-9(11(17)18)5-6-19-10/h1-4,9-10,16H,5-6H2,(H,17,18). The van der Waals surface area contributed by atoms with Crippen molar-refractivity contribution in [2.24, 2.45) is 0 Å². The van der Waals surface area contributed by atoms with Gasteiger partial charge in [0.2, 0.25) is 0 Å². The number of rotatable bonds is 3. The van der Waals surface area contributed by atoms with E-state index in [2.05, 4.69) is 5.32 Å². The van der Waals surface area contributed by atoms with E-state index in [1.165, 1.54) is 12.1 Å². The average molecular weight is 323 g/mol. The second-order valence-corrected chi connectivity index (χ2v) is 6.57. The highest BCUT2D eigenvalue weighted by atomic mass is 32.2. The molecule has 1 aliphatic rings. The van der Waals surface area contributed by atoms with Crippen LogP contribution in [0.1, 0.15) is 17.4 Å². The molecule has 110 valence electrons. The summed E-state index contributed by atoms with van der Waals surface area (Å²) in [6, 6.07) is 5.40. The molecule has 0 saturated carbocycles. The van der Waals surface area contributed by atoms with Gasteiger partial charge in [0.05, 0.1) is 5.37 Å². The molecule has 1 aliphatic heterocycles. The first-order chi connectivity index (χ1) is 9.35. The Bertz CT molecular complexity index is 479. The van der Waals surface area contributed by atoms with Crippen molar-refractivity contribution in [2.75, 3.05) is 5.75 Å². The van der Waals surface area contributed by atoms with Crippen LogP contribution < -0.4 is 5.32 Å². The molecule has 2 rings (SSSR count). The van der Waals surface area contributed by atoms with Crippen LogP contribution in [0.2, 0.25) is 0 Å². The van der Waals surface area contributed by atoms with Crippen LogP contribution >= 0.6 is 23.5 Å². The minimum Gasteiger partial charge on any atom is -0.480 e. The normalized spacial score (nSPS) is 23.6. The van der Waals surface area contributed by atoms with Gasteiger partial charge in [-0.25, -0.2) is 0 Å². The van der Waals surface area contributed by atoms with Gasteiger partial charge in [-0.05, 0) is 41.6 Å². The Morgan fingerprint density at radius 2 is 2.00 bits per heavy atom. The number of hydrogen-bond acceptors (Lipinski definition) is 4. The van der Waals surface area contributed by atoms with E-state index in [4.69, 9.17) is 5.11 Å². The molecule has 2 atom stereocenters. The van der Waals surface area contributed by atoms with Crippen LogP contribution in [0.15, 0.2) is 29.2 Å². The fraction of sp³-hybridized carbons (Fsp3) is 0.417. The minimum absolute atomic E-state index is 0.122. The number of halogens is 3. The van der Waals surface area contributed by atoms with E-state index in [1.54, 1.807) is 23.9 Å². The molecule has 0 radical (unpaired) electrons. The lowest BCUT2D eigenvalue weighted by molar-refractivity contribution is -0.139. The summed E-state index contributed by atoms with van der Waals surface area (Å²) in [6.45, 7) is 0. The van der Waals surface area contributed by atoms with Crippen molar-refractivity contribution in [3.8, 4) is 0 Å². The van der Waals surface area contributed by atoms with Gasteiger partial charge in [0.15, 0.2) is 0 Å². The minimum atomic E-state index is -4.30. The lowest BCUT2D eigenvalue weighted by atomic mass is 10.1. The first kappa shape index (κ1) is 15.5. The largest absolute Gasteiger partial charge is 0.480 e. The van der Waals surface area contributed by atoms with Gasteiger partial charge in [0.25, 0.3) is 0 Å². The van der Waals surface area contributed by atoms with Crippen molar-refractivity contribution in [2.45, 2.75) is 28.2 Å². The van der Waals surface area contributed by atoms with Gasteiger partial charge in [-0.2, -0.15) is 13.2 Å². The number of carbonyl (C=O) groups is 1. The Balaban J connectivity index is 2.04. The summed E-state index contributed by atoms with van der Waals surface area (Å²) in [5, 5.41) is 11.7. The van der Waals surface area contributed by atoms with E-state index in [1.807, 2.05) is 0 Å². The zero-order valence-electron chi connectivity index (χ0n) is 10.2. The maximum Gasteiger partial charge on any atom is 0.446 e. The molecule has 0 aliphatic carbocycles. The number of carboxylic acids is 1. The molecule has 1 saturated heterocycles. The number of nitrogens with one attached hydrogen (secondary N) is 1. The average Bonchev–Trinajstić information content (AvgIpc) is 2.38. The van der Waals surface area contributed by atoms with Crippen LogP contribution in [-0.2, 0) is 4.79 Å². The van der Waals surface area contributed by atoms with Crippen LogP contribution in [0.25, 0.3) is 0 Å². The van der Waals surface area contributed by atoms with E-state index in [0.717, 1.165) is 5.56 Å². The highest BCUT2D eigenvalue weighted by Crippen LogP contribution is 2.38. The second kappa shape index (κ2) is 6.28. The number of thioether (sulfide) groups is 2. The predicted octanol–water partition coefficient (Wildman–Crippen LogP) is 3.48. The third-order valence-electron chi connectivity index (χ3n) is 2.76. The molecule has 2 unspecified atom stereocenters. The Morgan fingerprint density at radius 1 is 1.35 bits per heavy atom. The Morgan fingerprint density at radius 3 is 2.55 bits per heavy atom. The maximum atomic E-state index is 12.2. The quantitative estimate of drug-likeness (QED) is 0.834. The molecule has 0 amide bonds. The summed E-state index contributed by atoms with van der Waals surface area (Å²) < 4.78 is 36.7. The van der Waals surface area contributed by atoms with E-state index < -0.39 is 17.5 Å². The number of aliphatic carboxylic acids is 1. The fourth-order valence-electron chi connectivity index (χ4n) is 1.85. The zero-order chi connectivity index (χ0) is 14.8. The van der Waals surface area contributed by atoms with Gasteiger partial charge in [0.1, 0.15) is 6.04 Å². The van der Waals surface area contributed by atoms with E-state index in [0.29, 0.717) is 12.2 Å². The molecule has 20 heavy (non-hydrogen) atoms. The van der Waals surface area contributed by atoms with Gasteiger partial charge in [0, 0.05) is 4.90 Å². The Kier molecular flexibility index (Phi) is 4.87. The van der Waals surface area contributed by atoms with Crippen LogP contribution in [0.3, 0.4) is 0 Å². The van der Waals surface area contributed by atoms with Crippen molar-refractivity contribution in [3.63, 3.8) is 0 Å². The number of benzene rings is 1. The first-order valence-corrected chi connectivity index (χ1v) is 7.68. The molecule has 1 aromatic carbocycles. The van der Waals surface area contributed by atoms with Gasteiger partial charge in [-0.1, -0.05) is 12.1 Å². The molecule has 1 heterocycles. The maximum absolute atomic E-state index is 12.2. The van der Waals surface area contributed by atoms with Gasteiger partial charge < -0.3 is 5.11 Å². The summed E-state index contributed by atoms with van der Waals surface area (Å²) in [7, 11) is 0. The van der Waals surface area contributed by atoms with Gasteiger partial charge in [-0.15, -0.1) is 11.8 Å². The number of carboxylic acid groups (broad SMARTS) is 1. The summed E-state index contributed by atoms with van der Waals surface area (Å²) in [5.41, 5.74) is -3.51. The Hall–Kier alpha value is -0.860. The summed E-state index contributed by atoms with van der Waals surface area (Å²) in [6.07, 6.45) is 0.540. The van der Waals surface area contributed by atoms with E-state index in [9.17, 15) is 18.0 Å². The lowest BCUT2D eigenvalue weighted by Gasteiger charge is -2.28. The van der Waals surface area contributed by atoms with Crippen LogP contribution in [-0.4, -0.2) is 28.4 Å². The van der Waals surface area contributed by atoms with Crippen LogP contribution in [0, 0.1) is 0 Å². The molecule has 3 nitrogen and oxygen atoms in total. The van der Waals surface area contributed by atoms with E-state index >= 15 is 0 Å². The molecule has 0 aromatic heterocycles. The number of hydrogen-bond donors (Lipinski definition) is 2. The van der Waals surface area contributed by atoms with Crippen LogP contribution in [0.4, 0.5) is 13.2 Å². The monoisotopic (exact) mass is 323 g/mol. The second-order valence-electron chi connectivity index (χ2n) is 4.21. The molecule has 1 fully saturated rings. The first-order valence-electron chi connectivity index (χ1n) is 5.81. The predicted molar refractivity (Wildman–Crippen MR) is 72.7 cm³/mol. The smallest absolute Gasteiger partial charge is 0.446 e. The lowest BCUT2D eigenvalue weighted by Crippen LogP contribution is -2.41. The van der Waals surface area contributed by atoms with Crippen molar-refractivity contribution in [1.82, 2.24) is 5.32 Å².